The lowest BCUT2D eigenvalue weighted by atomic mass is 10.0. The van der Waals surface area contributed by atoms with E-state index in [9.17, 15) is 0 Å². The number of nitrogens with one attached hydrogen (secondary N) is 3. The highest BCUT2D eigenvalue weighted by Crippen LogP contribution is 2.47. The van der Waals surface area contributed by atoms with Crippen LogP contribution in [0.4, 0.5) is 5.82 Å². The minimum atomic E-state index is -0.205. The third-order valence-electron chi connectivity index (χ3n) is 12.5. The molecule has 0 amide bonds. The smallest absolute Gasteiger partial charge is 0.135 e. The first-order valence-electron chi connectivity index (χ1n) is 20.0. The van der Waals surface area contributed by atoms with E-state index < -0.39 is 0 Å². The summed E-state index contributed by atoms with van der Waals surface area (Å²) < 4.78 is 7.59. The van der Waals surface area contributed by atoms with Crippen LogP contribution in [-0.4, -0.2) is 25.7 Å². The van der Waals surface area contributed by atoms with Crippen molar-refractivity contribution < 1.29 is 0 Å². The van der Waals surface area contributed by atoms with Crippen LogP contribution in [-0.2, 0) is 6.42 Å². The number of allylic oxidation sites excluding steroid dienone is 1. The monoisotopic (exact) mass is 735 g/mol. The van der Waals surface area contributed by atoms with Gasteiger partial charge in [0.25, 0.3) is 0 Å². The Bertz CT molecular complexity index is 3360. The molecule has 57 heavy (non-hydrogen) atoms. The summed E-state index contributed by atoms with van der Waals surface area (Å²) in [6, 6.07) is 48.3. The fourth-order valence-corrected chi connectivity index (χ4v) is 10.1. The third-order valence-corrected chi connectivity index (χ3v) is 12.5. The molecule has 0 radical (unpaired) electrons. The molecule has 13 rings (SSSR count). The van der Waals surface area contributed by atoms with E-state index in [0.29, 0.717) is 0 Å². The highest BCUT2D eigenvalue weighted by Gasteiger charge is 2.30. The van der Waals surface area contributed by atoms with Gasteiger partial charge in [-0.3, -0.25) is 9.72 Å². The molecular formula is C50H37N7. The van der Waals surface area contributed by atoms with Gasteiger partial charge in [0.2, 0.25) is 0 Å². The van der Waals surface area contributed by atoms with Gasteiger partial charge >= 0.3 is 0 Å². The molecule has 0 saturated carbocycles. The van der Waals surface area contributed by atoms with Gasteiger partial charge in [0.1, 0.15) is 24.0 Å². The van der Waals surface area contributed by atoms with Crippen molar-refractivity contribution in [3.63, 3.8) is 0 Å². The number of nitrogens with zero attached hydrogens (tertiary/aromatic N) is 4. The summed E-state index contributed by atoms with van der Waals surface area (Å²) in [6.07, 6.45) is 11.0. The number of hydrogen-bond acceptors (Lipinski definition) is 4. The fraction of sp³-hybridized carbons (Fsp3) is 0.100. The lowest BCUT2D eigenvalue weighted by Crippen LogP contribution is -2.44. The van der Waals surface area contributed by atoms with Crippen LogP contribution >= 0.6 is 0 Å². The Morgan fingerprint density at radius 1 is 0.614 bits per heavy atom. The van der Waals surface area contributed by atoms with Crippen LogP contribution in [0.25, 0.3) is 72.4 Å². The topological polar surface area (TPSA) is 62.2 Å². The summed E-state index contributed by atoms with van der Waals surface area (Å²) in [5.74, 6) is 2.02. The molecule has 10 aromatic rings. The van der Waals surface area contributed by atoms with Gasteiger partial charge in [-0.05, 0) is 60.4 Å². The molecule has 3 N–H and O–H groups in total. The lowest BCUT2D eigenvalue weighted by molar-refractivity contribution is 0.409. The molecule has 4 aromatic heterocycles. The van der Waals surface area contributed by atoms with Crippen LogP contribution < -0.4 is 16.0 Å². The maximum atomic E-state index is 5.31. The standard InChI is InChI=1S/C50H37N7/c1-3-13-30(14-4-1)47-52-48(31-15-5-2-6-16-31)54-49(53-47)32-17-11-18-33(29-32)55-40-26-24-36-34-19-7-9-21-38(34)56-42-23-12-28-51-50(42)57-39-22-10-8-20-35(39)37-25-27-41(55)44(46(37)57)43(40)45(36)56/h1-9,11-21,23-27,29,47-48,51-52H,10,22,28H2,(H,53,54). The number of aryl methyl sites for hydroxylation is 1. The van der Waals surface area contributed by atoms with Gasteiger partial charge in [-0.25, -0.2) is 4.99 Å². The van der Waals surface area contributed by atoms with Crippen LogP contribution in [0, 0.1) is 0 Å². The Kier molecular flexibility index (Phi) is 6.40. The molecule has 2 atom stereocenters. The minimum Gasteiger partial charge on any atom is -0.366 e. The summed E-state index contributed by atoms with van der Waals surface area (Å²) in [6.45, 7) is 0.788. The average molecular weight is 736 g/mol. The average Bonchev–Trinajstić information content (AvgIpc) is 3.92. The van der Waals surface area contributed by atoms with Crippen molar-refractivity contribution in [2.24, 2.45) is 4.99 Å². The van der Waals surface area contributed by atoms with E-state index in [1.807, 2.05) is 0 Å². The number of anilines is 1. The van der Waals surface area contributed by atoms with Gasteiger partial charge in [-0.2, -0.15) is 0 Å². The Labute approximate surface area is 328 Å². The van der Waals surface area contributed by atoms with Crippen LogP contribution in [0.5, 0.6) is 0 Å². The largest absolute Gasteiger partial charge is 0.366 e. The van der Waals surface area contributed by atoms with Crippen molar-refractivity contribution in [3.05, 3.63) is 179 Å². The second-order valence-corrected chi connectivity index (χ2v) is 15.5. The van der Waals surface area contributed by atoms with Gasteiger partial charge in [-0.15, -0.1) is 0 Å². The Hall–Kier alpha value is -7.09. The van der Waals surface area contributed by atoms with E-state index in [4.69, 9.17) is 4.99 Å². The zero-order valence-electron chi connectivity index (χ0n) is 31.1. The molecule has 0 spiro atoms. The van der Waals surface area contributed by atoms with Crippen molar-refractivity contribution in [2.45, 2.75) is 25.2 Å². The molecule has 272 valence electrons. The Morgan fingerprint density at radius 2 is 1.37 bits per heavy atom. The molecule has 2 unspecified atom stereocenters. The molecule has 0 fully saturated rings. The summed E-state index contributed by atoms with van der Waals surface area (Å²) in [7, 11) is 0. The minimum absolute atomic E-state index is 0.111. The van der Waals surface area contributed by atoms with E-state index >= 15 is 0 Å². The molecule has 6 aromatic carbocycles. The predicted molar refractivity (Wildman–Crippen MR) is 235 cm³/mol. The number of rotatable bonds is 4. The second-order valence-electron chi connectivity index (χ2n) is 15.5. The molecule has 7 heteroatoms. The number of aliphatic imine (C=N–C) groups is 1. The molecule has 6 heterocycles. The molecule has 2 aliphatic heterocycles. The van der Waals surface area contributed by atoms with E-state index in [0.717, 1.165) is 47.9 Å². The molecule has 1 aliphatic carbocycles. The van der Waals surface area contributed by atoms with Crippen molar-refractivity contribution >= 4 is 78.3 Å². The van der Waals surface area contributed by atoms with Gasteiger partial charge in [0, 0.05) is 56.0 Å². The Balaban J connectivity index is 1.12. The maximum Gasteiger partial charge on any atom is 0.135 e. The second kappa shape index (κ2) is 11.7. The van der Waals surface area contributed by atoms with Gasteiger partial charge in [0.15, 0.2) is 0 Å². The van der Waals surface area contributed by atoms with Crippen molar-refractivity contribution in [1.29, 1.82) is 0 Å². The molecular weight excluding hydrogens is 699 g/mol. The normalized spacial score (nSPS) is 17.8. The first-order chi connectivity index (χ1) is 28.3. The Morgan fingerprint density at radius 3 is 2.21 bits per heavy atom. The fourth-order valence-electron chi connectivity index (χ4n) is 10.1. The third kappa shape index (κ3) is 4.32. The number of hydrogen-bond donors (Lipinski definition) is 3. The van der Waals surface area contributed by atoms with Crippen LogP contribution in [0.2, 0.25) is 0 Å². The quantitative estimate of drug-likeness (QED) is 0.169. The lowest BCUT2D eigenvalue weighted by Gasteiger charge is -2.32. The van der Waals surface area contributed by atoms with Crippen molar-refractivity contribution in [2.75, 3.05) is 11.9 Å². The van der Waals surface area contributed by atoms with Gasteiger partial charge in [0.05, 0.1) is 33.3 Å². The van der Waals surface area contributed by atoms with Crippen LogP contribution in [0.3, 0.4) is 0 Å². The molecule has 0 saturated heterocycles. The summed E-state index contributed by atoms with van der Waals surface area (Å²) >= 11 is 0. The maximum absolute atomic E-state index is 5.31. The van der Waals surface area contributed by atoms with Crippen molar-refractivity contribution in [3.8, 4) is 5.69 Å². The number of benzene rings is 6. The number of fused-ring (bicyclic) bond motifs is 9. The van der Waals surface area contributed by atoms with E-state index in [-0.39, 0.29) is 12.3 Å². The molecule has 0 bridgehead atoms. The van der Waals surface area contributed by atoms with Gasteiger partial charge < -0.3 is 19.6 Å². The highest BCUT2D eigenvalue weighted by molar-refractivity contribution is 6.31. The number of aromatic nitrogens is 3. The number of para-hydroxylation sites is 1. The summed E-state index contributed by atoms with van der Waals surface area (Å²) in [5.41, 5.74) is 14.5. The predicted octanol–water partition coefficient (Wildman–Crippen LogP) is 10.8. The van der Waals surface area contributed by atoms with E-state index in [1.54, 1.807) is 0 Å². The SMILES string of the molecule is C1=Cc2c(n3c4c(n5c6ccccc6c6ccc7c(c8c(ccc2c83)n7-c2cccc(C3=NC(c7ccccc7)NC(c7ccccc7)N3)c2)c65)C=CCN4)CC1. The highest BCUT2D eigenvalue weighted by atomic mass is 15.3. The van der Waals surface area contributed by atoms with Crippen LogP contribution in [0.15, 0.2) is 151 Å². The first kappa shape index (κ1) is 31.2. The van der Waals surface area contributed by atoms with E-state index in [1.165, 1.54) is 77.0 Å². The van der Waals surface area contributed by atoms with E-state index in [2.05, 4.69) is 187 Å². The number of amidine groups is 1. The van der Waals surface area contributed by atoms with Crippen LogP contribution in [0.1, 0.15) is 52.4 Å². The summed E-state index contributed by atoms with van der Waals surface area (Å²) in [4.78, 5) is 5.31. The zero-order chi connectivity index (χ0) is 37.2. The first-order valence-corrected chi connectivity index (χ1v) is 20.0. The zero-order valence-corrected chi connectivity index (χ0v) is 31.1. The summed E-state index contributed by atoms with van der Waals surface area (Å²) in [5, 5.41) is 17.8. The molecule has 7 nitrogen and oxygen atoms in total. The van der Waals surface area contributed by atoms with Crippen molar-refractivity contribution in [1.82, 2.24) is 24.0 Å². The van der Waals surface area contributed by atoms with Gasteiger partial charge in [-0.1, -0.05) is 121 Å². The molecule has 3 aliphatic rings.